The summed E-state index contributed by atoms with van der Waals surface area (Å²) in [6.07, 6.45) is 12.1. The van der Waals surface area contributed by atoms with E-state index in [4.69, 9.17) is 35.5 Å². The number of rotatable bonds is 9. The van der Waals surface area contributed by atoms with E-state index in [-0.39, 0.29) is 19.4 Å². The predicted octanol–water partition coefficient (Wildman–Crippen LogP) is 5.06. The molecule has 0 fully saturated rings. The summed E-state index contributed by atoms with van der Waals surface area (Å²) in [4.78, 5) is 0. The van der Waals surface area contributed by atoms with Crippen molar-refractivity contribution < 1.29 is 13.1 Å². The van der Waals surface area contributed by atoms with Crippen molar-refractivity contribution in [2.24, 2.45) is 0 Å². The molecule has 0 spiro atoms. The molecule has 0 saturated heterocycles. The van der Waals surface area contributed by atoms with E-state index in [1.807, 2.05) is 32.6 Å². The van der Waals surface area contributed by atoms with Crippen molar-refractivity contribution in [3.63, 3.8) is 0 Å². The zero-order chi connectivity index (χ0) is 20.4. The van der Waals surface area contributed by atoms with E-state index < -0.39 is 0 Å². The van der Waals surface area contributed by atoms with Crippen LogP contribution in [0.25, 0.3) is 0 Å². The molecule has 0 amide bonds. The summed E-state index contributed by atoms with van der Waals surface area (Å²) in [5.74, 6) is 0. The fourth-order valence-electron chi connectivity index (χ4n) is 3.05. The standard InChI is InChI=1S/C19H28N6.2ClH.Mn/c1-4-7-16-10-13-23(20-16)19(24-14-11-17(21-24)8-5-2)25-15-12-18(22-25)9-6-3;;;/h10-15,19H,4-9H2,1-3H3;2*1H;/q;;;+2/p-2. The molecule has 0 aliphatic rings. The van der Waals surface area contributed by atoms with Crippen molar-refractivity contribution in [3.8, 4) is 0 Å². The zero-order valence-corrected chi connectivity index (χ0v) is 19.3. The molecular formula is C19H28Cl2MnN6. The van der Waals surface area contributed by atoms with Gasteiger partial charge in [0.15, 0.2) is 0 Å². The second kappa shape index (κ2) is 12.3. The Labute approximate surface area is 181 Å². The maximum absolute atomic E-state index is 4.80. The molecule has 0 saturated carbocycles. The van der Waals surface area contributed by atoms with Gasteiger partial charge in [0.2, 0.25) is 6.29 Å². The molecule has 3 aromatic heterocycles. The number of hydrogen-bond donors (Lipinski definition) is 0. The molecule has 0 unspecified atom stereocenters. The Bertz CT molecular complexity index is 708. The van der Waals surface area contributed by atoms with Crippen LogP contribution in [0.2, 0.25) is 0 Å². The van der Waals surface area contributed by atoms with Crippen molar-refractivity contribution in [2.45, 2.75) is 65.6 Å². The molecular weight excluding hydrogens is 438 g/mol. The summed E-state index contributed by atoms with van der Waals surface area (Å²) >= 11 is 0.00694. The zero-order valence-electron chi connectivity index (χ0n) is 16.6. The predicted molar refractivity (Wildman–Crippen MR) is 110 cm³/mol. The van der Waals surface area contributed by atoms with Crippen LogP contribution in [0.3, 0.4) is 0 Å². The Hall–Kier alpha value is -1.27. The minimum atomic E-state index is -0.207. The Morgan fingerprint density at radius 2 is 1.00 bits per heavy atom. The molecule has 0 aliphatic heterocycles. The van der Waals surface area contributed by atoms with Crippen molar-refractivity contribution in [2.75, 3.05) is 0 Å². The summed E-state index contributed by atoms with van der Waals surface area (Å²) < 4.78 is 5.86. The van der Waals surface area contributed by atoms with Crippen LogP contribution in [0.5, 0.6) is 0 Å². The summed E-state index contributed by atoms with van der Waals surface area (Å²) in [6, 6.07) is 6.26. The number of halogens is 2. The van der Waals surface area contributed by atoms with E-state index >= 15 is 0 Å². The van der Waals surface area contributed by atoms with Crippen molar-refractivity contribution in [3.05, 3.63) is 53.9 Å². The van der Waals surface area contributed by atoms with Gasteiger partial charge in [0, 0.05) is 18.6 Å². The molecule has 0 atom stereocenters. The molecule has 6 nitrogen and oxygen atoms in total. The second-order valence-corrected chi connectivity index (χ2v) is 8.46. The topological polar surface area (TPSA) is 53.5 Å². The molecule has 0 bridgehead atoms. The summed E-state index contributed by atoms with van der Waals surface area (Å²) in [6.45, 7) is 6.52. The number of nitrogens with zero attached hydrogens (tertiary/aromatic N) is 6. The van der Waals surface area contributed by atoms with Gasteiger partial charge in [-0.25, -0.2) is 14.0 Å². The first-order valence-electron chi connectivity index (χ1n) is 9.65. The van der Waals surface area contributed by atoms with E-state index in [0.717, 1.165) is 55.6 Å². The van der Waals surface area contributed by atoms with E-state index in [0.29, 0.717) is 0 Å². The van der Waals surface area contributed by atoms with Crippen molar-refractivity contribution in [1.29, 1.82) is 0 Å². The Morgan fingerprint density at radius 1 is 0.714 bits per heavy atom. The molecule has 0 aliphatic carbocycles. The van der Waals surface area contributed by atoms with Crippen LogP contribution in [0.1, 0.15) is 63.4 Å². The van der Waals surface area contributed by atoms with Gasteiger partial charge in [0.05, 0.1) is 17.1 Å². The fourth-order valence-corrected chi connectivity index (χ4v) is 3.05. The molecule has 0 radical (unpaired) electrons. The van der Waals surface area contributed by atoms with Gasteiger partial charge >= 0.3 is 33.3 Å². The van der Waals surface area contributed by atoms with Gasteiger partial charge in [-0.05, 0) is 37.5 Å². The van der Waals surface area contributed by atoms with E-state index in [1.165, 1.54) is 0 Å². The SMILES string of the molecule is CCCc1ccn(C(n2ccc(CCC)n2)n2ccc(CCC)n2)n1.[Cl][Mn][Cl]. The molecule has 0 N–H and O–H groups in total. The van der Waals surface area contributed by atoms with Gasteiger partial charge in [0.25, 0.3) is 0 Å². The number of aryl methyl sites for hydroxylation is 3. The monoisotopic (exact) mass is 465 g/mol. The molecule has 3 rings (SSSR count). The Kier molecular flexibility index (Phi) is 10.1. The molecule has 9 heteroatoms. The fraction of sp³-hybridized carbons (Fsp3) is 0.526. The summed E-state index contributed by atoms with van der Waals surface area (Å²) in [5, 5.41) is 14.3. The van der Waals surface area contributed by atoms with Crippen LogP contribution in [0.4, 0.5) is 0 Å². The number of aromatic nitrogens is 6. The normalized spacial score (nSPS) is 10.9. The van der Waals surface area contributed by atoms with E-state index in [9.17, 15) is 0 Å². The van der Waals surface area contributed by atoms with Gasteiger partial charge in [-0.1, -0.05) is 40.0 Å². The minimum absolute atomic E-state index is 0.00694. The second-order valence-electron chi connectivity index (χ2n) is 6.51. The first-order valence-corrected chi connectivity index (χ1v) is 12.9. The molecule has 28 heavy (non-hydrogen) atoms. The summed E-state index contributed by atoms with van der Waals surface area (Å²) in [7, 11) is 9.59. The van der Waals surface area contributed by atoms with Gasteiger partial charge in [-0.3, -0.25) is 0 Å². The van der Waals surface area contributed by atoms with Gasteiger partial charge in [-0.2, -0.15) is 15.3 Å². The Balaban J connectivity index is 0.000000878. The van der Waals surface area contributed by atoms with Crippen LogP contribution in [-0.2, 0) is 32.4 Å². The van der Waals surface area contributed by atoms with Crippen LogP contribution in [-0.4, -0.2) is 29.3 Å². The van der Waals surface area contributed by atoms with E-state index in [2.05, 4.69) is 39.0 Å². The average Bonchev–Trinajstić information content (AvgIpc) is 3.41. The third-order valence-electron chi connectivity index (χ3n) is 4.22. The summed E-state index contributed by atoms with van der Waals surface area (Å²) in [5.41, 5.74) is 3.32. The Morgan fingerprint density at radius 3 is 1.25 bits per heavy atom. The molecule has 3 aromatic rings. The van der Waals surface area contributed by atoms with Crippen LogP contribution >= 0.6 is 20.2 Å². The van der Waals surface area contributed by atoms with Crippen LogP contribution in [0, 0.1) is 0 Å². The first kappa shape index (κ1) is 23.0. The van der Waals surface area contributed by atoms with Crippen molar-refractivity contribution >= 4 is 20.2 Å². The molecule has 155 valence electrons. The average molecular weight is 466 g/mol. The first-order chi connectivity index (χ1) is 13.7. The third-order valence-corrected chi connectivity index (χ3v) is 4.22. The van der Waals surface area contributed by atoms with Gasteiger partial charge in [-0.15, -0.1) is 0 Å². The van der Waals surface area contributed by atoms with Crippen LogP contribution < -0.4 is 0 Å². The molecule has 0 aromatic carbocycles. The van der Waals surface area contributed by atoms with Crippen molar-refractivity contribution in [1.82, 2.24) is 29.3 Å². The molecule has 3 heterocycles. The van der Waals surface area contributed by atoms with E-state index in [1.54, 1.807) is 0 Å². The van der Waals surface area contributed by atoms with Crippen LogP contribution in [0.15, 0.2) is 36.8 Å². The van der Waals surface area contributed by atoms with Gasteiger partial charge < -0.3 is 0 Å². The van der Waals surface area contributed by atoms with Gasteiger partial charge in [0.1, 0.15) is 0 Å². The number of hydrogen-bond acceptors (Lipinski definition) is 3. The third kappa shape index (κ3) is 6.38. The quantitative estimate of drug-likeness (QED) is 0.414. The maximum atomic E-state index is 4.80.